The summed E-state index contributed by atoms with van der Waals surface area (Å²) in [4.78, 5) is 40.0. The van der Waals surface area contributed by atoms with Crippen molar-refractivity contribution >= 4 is 28.8 Å². The third-order valence-electron chi connectivity index (χ3n) is 4.53. The first-order chi connectivity index (χ1) is 13.5. The van der Waals surface area contributed by atoms with Crippen LogP contribution < -0.4 is 15.4 Å². The number of piperidine rings is 1. The number of nitrogens with one attached hydrogen (secondary N) is 2. The Bertz CT molecular complexity index is 1090. The Morgan fingerprint density at radius 2 is 2.07 bits per heavy atom. The maximum absolute atomic E-state index is 12.5. The lowest BCUT2D eigenvalue weighted by molar-refractivity contribution is -0.134. The zero-order valence-corrected chi connectivity index (χ0v) is 15.0. The second kappa shape index (κ2) is 7.15. The smallest absolute Gasteiger partial charge is 0.252 e. The number of fused-ring (bicyclic) bond motifs is 1. The molecule has 4 rings (SSSR count). The number of methoxy groups -OCH3 is 1. The molecule has 1 aliphatic rings. The van der Waals surface area contributed by atoms with Crippen LogP contribution >= 0.6 is 0 Å². The van der Waals surface area contributed by atoms with Crippen LogP contribution in [0.4, 0.5) is 0 Å². The molecule has 2 heterocycles. The third-order valence-corrected chi connectivity index (χ3v) is 4.53. The van der Waals surface area contributed by atoms with Crippen LogP contribution in [0, 0.1) is 0 Å². The number of benzene rings is 2. The normalized spacial score (nSPS) is 16.7. The van der Waals surface area contributed by atoms with E-state index in [1.54, 1.807) is 25.3 Å². The molecule has 0 spiro atoms. The maximum atomic E-state index is 12.5. The first-order valence-corrected chi connectivity index (χ1v) is 8.73. The molecule has 3 aromatic rings. The van der Waals surface area contributed by atoms with Crippen LogP contribution in [0.5, 0.6) is 5.75 Å². The van der Waals surface area contributed by atoms with Crippen molar-refractivity contribution in [2.24, 2.45) is 0 Å². The fraction of sp³-hybridized carbons (Fsp3) is 0.200. The van der Waals surface area contributed by atoms with Gasteiger partial charge in [-0.3, -0.25) is 19.7 Å². The lowest BCUT2D eigenvalue weighted by Gasteiger charge is -2.21. The molecule has 0 saturated carbocycles. The highest BCUT2D eigenvalue weighted by Gasteiger charge is 2.28. The maximum Gasteiger partial charge on any atom is 0.252 e. The minimum atomic E-state index is -0.734. The molecule has 8 nitrogen and oxygen atoms in total. The molecule has 3 amide bonds. The molecule has 28 heavy (non-hydrogen) atoms. The number of amides is 3. The number of carbonyl (C=O) groups is 3. The van der Waals surface area contributed by atoms with Crippen LogP contribution in [0.15, 0.2) is 46.9 Å². The van der Waals surface area contributed by atoms with Crippen LogP contribution in [-0.2, 0) is 9.59 Å². The topological polar surface area (TPSA) is 111 Å². The number of aromatic nitrogens is 1. The Hall–Kier alpha value is -3.68. The molecule has 0 radical (unpaired) electrons. The van der Waals surface area contributed by atoms with E-state index in [0.29, 0.717) is 33.9 Å². The quantitative estimate of drug-likeness (QED) is 0.671. The molecule has 1 saturated heterocycles. The van der Waals surface area contributed by atoms with Crippen LogP contribution in [0.3, 0.4) is 0 Å². The van der Waals surface area contributed by atoms with Crippen molar-refractivity contribution in [1.29, 1.82) is 0 Å². The SMILES string of the molecule is COc1ccccc1-c1nc2cc(C(=O)NC3CCC(=O)NC3=O)ccc2o1. The fourth-order valence-corrected chi connectivity index (χ4v) is 3.08. The highest BCUT2D eigenvalue weighted by molar-refractivity contribution is 6.04. The summed E-state index contributed by atoms with van der Waals surface area (Å²) in [6.45, 7) is 0. The van der Waals surface area contributed by atoms with Gasteiger partial charge in [0.05, 0.1) is 12.7 Å². The third kappa shape index (κ3) is 3.32. The van der Waals surface area contributed by atoms with Gasteiger partial charge in [-0.15, -0.1) is 0 Å². The summed E-state index contributed by atoms with van der Waals surface area (Å²) in [5.74, 6) is -0.229. The molecule has 1 atom stereocenters. The summed E-state index contributed by atoms with van der Waals surface area (Å²) in [5, 5.41) is 4.86. The molecular formula is C20H17N3O5. The van der Waals surface area contributed by atoms with E-state index in [9.17, 15) is 14.4 Å². The van der Waals surface area contributed by atoms with Crippen molar-refractivity contribution in [3.63, 3.8) is 0 Å². The number of oxazole rings is 1. The Balaban J connectivity index is 1.59. The van der Waals surface area contributed by atoms with Crippen LogP contribution in [0.2, 0.25) is 0 Å². The van der Waals surface area contributed by atoms with Crippen molar-refractivity contribution in [2.45, 2.75) is 18.9 Å². The summed E-state index contributed by atoms with van der Waals surface area (Å²) in [6.07, 6.45) is 0.474. The summed E-state index contributed by atoms with van der Waals surface area (Å²) < 4.78 is 11.1. The Labute approximate surface area is 159 Å². The van der Waals surface area contributed by atoms with Gasteiger partial charge in [-0.05, 0) is 36.8 Å². The molecule has 0 aliphatic carbocycles. The molecule has 1 aliphatic heterocycles. The van der Waals surface area contributed by atoms with Gasteiger partial charge in [0.15, 0.2) is 5.58 Å². The summed E-state index contributed by atoms with van der Waals surface area (Å²) in [5.41, 5.74) is 2.09. The number of ether oxygens (including phenoxy) is 1. The molecule has 2 aromatic carbocycles. The van der Waals surface area contributed by atoms with E-state index in [1.165, 1.54) is 0 Å². The lowest BCUT2D eigenvalue weighted by Crippen LogP contribution is -2.52. The van der Waals surface area contributed by atoms with Crippen molar-refractivity contribution < 1.29 is 23.5 Å². The van der Waals surface area contributed by atoms with Gasteiger partial charge in [0.1, 0.15) is 17.3 Å². The molecule has 1 fully saturated rings. The Morgan fingerprint density at radius 3 is 2.86 bits per heavy atom. The number of hydrogen-bond acceptors (Lipinski definition) is 6. The van der Waals surface area contributed by atoms with Crippen LogP contribution in [-0.4, -0.2) is 35.9 Å². The van der Waals surface area contributed by atoms with E-state index in [-0.39, 0.29) is 18.7 Å². The van der Waals surface area contributed by atoms with Gasteiger partial charge < -0.3 is 14.5 Å². The summed E-state index contributed by atoms with van der Waals surface area (Å²) in [6, 6.07) is 11.5. The number of carbonyl (C=O) groups excluding carboxylic acids is 3. The molecule has 2 N–H and O–H groups in total. The number of imide groups is 1. The predicted molar refractivity (Wildman–Crippen MR) is 99.6 cm³/mol. The summed E-state index contributed by atoms with van der Waals surface area (Å²) in [7, 11) is 1.57. The highest BCUT2D eigenvalue weighted by atomic mass is 16.5. The fourth-order valence-electron chi connectivity index (χ4n) is 3.08. The molecule has 1 aromatic heterocycles. The minimum Gasteiger partial charge on any atom is -0.496 e. The largest absolute Gasteiger partial charge is 0.496 e. The number of hydrogen-bond donors (Lipinski definition) is 2. The van der Waals surface area contributed by atoms with Gasteiger partial charge in [0.25, 0.3) is 5.91 Å². The molecule has 0 bridgehead atoms. The van der Waals surface area contributed by atoms with Crippen molar-refractivity contribution in [3.05, 3.63) is 48.0 Å². The molecule has 8 heteroatoms. The van der Waals surface area contributed by atoms with E-state index in [2.05, 4.69) is 15.6 Å². The average molecular weight is 379 g/mol. The Morgan fingerprint density at radius 1 is 1.25 bits per heavy atom. The highest BCUT2D eigenvalue weighted by Crippen LogP contribution is 2.31. The molecule has 142 valence electrons. The van der Waals surface area contributed by atoms with Gasteiger partial charge in [-0.25, -0.2) is 4.98 Å². The van der Waals surface area contributed by atoms with Gasteiger partial charge in [0.2, 0.25) is 17.7 Å². The number of rotatable bonds is 4. The van der Waals surface area contributed by atoms with E-state index >= 15 is 0 Å². The van der Waals surface area contributed by atoms with Crippen LogP contribution in [0.1, 0.15) is 23.2 Å². The standard InChI is InChI=1S/C20H17N3O5/c1-27-15-5-3-2-4-12(15)20-22-14-10-11(6-8-16(14)28-20)18(25)21-13-7-9-17(24)23-19(13)26/h2-6,8,10,13H,7,9H2,1H3,(H,21,25)(H,23,24,26). The van der Waals surface area contributed by atoms with Gasteiger partial charge in [-0.2, -0.15) is 0 Å². The first kappa shape index (κ1) is 17.7. The monoisotopic (exact) mass is 379 g/mol. The van der Waals surface area contributed by atoms with Gasteiger partial charge >= 0.3 is 0 Å². The van der Waals surface area contributed by atoms with Crippen molar-refractivity contribution in [2.75, 3.05) is 7.11 Å². The van der Waals surface area contributed by atoms with E-state index in [4.69, 9.17) is 9.15 Å². The van der Waals surface area contributed by atoms with Gasteiger partial charge in [0, 0.05) is 12.0 Å². The van der Waals surface area contributed by atoms with Crippen LogP contribution in [0.25, 0.3) is 22.6 Å². The van der Waals surface area contributed by atoms with E-state index in [0.717, 1.165) is 0 Å². The van der Waals surface area contributed by atoms with Gasteiger partial charge in [-0.1, -0.05) is 12.1 Å². The Kier molecular flexibility index (Phi) is 4.52. The average Bonchev–Trinajstić information content (AvgIpc) is 3.13. The van der Waals surface area contributed by atoms with E-state index in [1.807, 2.05) is 24.3 Å². The first-order valence-electron chi connectivity index (χ1n) is 8.73. The van der Waals surface area contributed by atoms with Crippen molar-refractivity contribution in [3.8, 4) is 17.2 Å². The van der Waals surface area contributed by atoms with Crippen molar-refractivity contribution in [1.82, 2.24) is 15.6 Å². The molecular weight excluding hydrogens is 362 g/mol. The number of para-hydroxylation sites is 1. The second-order valence-electron chi connectivity index (χ2n) is 6.38. The zero-order valence-electron chi connectivity index (χ0n) is 15.0. The number of nitrogens with zero attached hydrogens (tertiary/aromatic N) is 1. The second-order valence-corrected chi connectivity index (χ2v) is 6.38. The lowest BCUT2D eigenvalue weighted by atomic mass is 10.1. The zero-order chi connectivity index (χ0) is 19.7. The predicted octanol–water partition coefficient (Wildman–Crippen LogP) is 2.04. The van der Waals surface area contributed by atoms with E-state index < -0.39 is 17.9 Å². The summed E-state index contributed by atoms with van der Waals surface area (Å²) >= 11 is 0. The minimum absolute atomic E-state index is 0.196. The molecule has 1 unspecified atom stereocenters.